The van der Waals surface area contributed by atoms with Crippen LogP contribution >= 0.6 is 0 Å². The van der Waals surface area contributed by atoms with E-state index in [1.165, 1.54) is 6.20 Å². The summed E-state index contributed by atoms with van der Waals surface area (Å²) in [6.45, 7) is 0.385. The van der Waals surface area contributed by atoms with Crippen molar-refractivity contribution in [2.75, 3.05) is 18.0 Å². The first-order chi connectivity index (χ1) is 12.4. The van der Waals surface area contributed by atoms with Crippen molar-refractivity contribution in [3.63, 3.8) is 0 Å². The van der Waals surface area contributed by atoms with Crippen LogP contribution in [0.4, 0.5) is 19.1 Å². The summed E-state index contributed by atoms with van der Waals surface area (Å²) in [6.07, 6.45) is -2.76. The first kappa shape index (κ1) is 16.6. The number of rotatable bonds is 2. The molecule has 3 heterocycles. The molecule has 0 atom stereocenters. The lowest BCUT2D eigenvalue weighted by atomic mass is 9.96. The van der Waals surface area contributed by atoms with Gasteiger partial charge in [0.2, 0.25) is 5.95 Å². The molecule has 9 heteroatoms. The van der Waals surface area contributed by atoms with Crippen LogP contribution in [0.25, 0.3) is 16.7 Å². The van der Waals surface area contributed by atoms with Gasteiger partial charge in [0.1, 0.15) is 5.39 Å². The maximum absolute atomic E-state index is 12.8. The number of benzene rings is 1. The van der Waals surface area contributed by atoms with Gasteiger partial charge in [-0.2, -0.15) is 23.3 Å². The molecule has 0 bridgehead atoms. The van der Waals surface area contributed by atoms with Gasteiger partial charge in [0.05, 0.1) is 17.8 Å². The lowest BCUT2D eigenvalue weighted by Crippen LogP contribution is -2.40. The number of nitrogens with zero attached hydrogens (tertiary/aromatic N) is 4. The Bertz CT molecular complexity index is 971. The Balaban J connectivity index is 1.68. The summed E-state index contributed by atoms with van der Waals surface area (Å²) >= 11 is 0. The number of H-pyrrole nitrogens is 1. The second-order valence-electron chi connectivity index (χ2n) is 6.32. The van der Waals surface area contributed by atoms with Crippen molar-refractivity contribution in [3.8, 4) is 5.69 Å². The molecule has 6 nitrogen and oxygen atoms in total. The van der Waals surface area contributed by atoms with Crippen molar-refractivity contribution >= 4 is 17.0 Å². The maximum atomic E-state index is 12.8. The van der Waals surface area contributed by atoms with Crippen LogP contribution in [0.1, 0.15) is 12.8 Å². The molecule has 1 aromatic carbocycles. The van der Waals surface area contributed by atoms with Crippen LogP contribution in [0.15, 0.2) is 41.3 Å². The fourth-order valence-electron chi connectivity index (χ4n) is 3.23. The first-order valence-corrected chi connectivity index (χ1v) is 8.28. The highest BCUT2D eigenvalue weighted by atomic mass is 19.4. The van der Waals surface area contributed by atoms with Gasteiger partial charge < -0.3 is 4.90 Å². The zero-order chi connectivity index (χ0) is 18.3. The van der Waals surface area contributed by atoms with Gasteiger partial charge >= 0.3 is 6.18 Å². The second-order valence-corrected chi connectivity index (χ2v) is 6.32. The molecule has 0 spiro atoms. The van der Waals surface area contributed by atoms with E-state index in [-0.39, 0.29) is 37.4 Å². The van der Waals surface area contributed by atoms with E-state index in [0.717, 1.165) is 5.69 Å². The normalized spacial score (nSPS) is 16.3. The van der Waals surface area contributed by atoms with Crippen molar-refractivity contribution in [2.24, 2.45) is 5.92 Å². The highest BCUT2D eigenvalue weighted by Gasteiger charge is 2.41. The Labute approximate surface area is 146 Å². The summed E-state index contributed by atoms with van der Waals surface area (Å²) in [5.74, 6) is -1.02. The van der Waals surface area contributed by atoms with Crippen molar-refractivity contribution in [1.82, 2.24) is 19.7 Å². The van der Waals surface area contributed by atoms with E-state index in [1.807, 2.05) is 30.3 Å². The Kier molecular flexibility index (Phi) is 3.93. The number of anilines is 1. The molecule has 0 unspecified atom stereocenters. The van der Waals surface area contributed by atoms with Crippen LogP contribution in [0.3, 0.4) is 0 Å². The molecule has 1 aliphatic heterocycles. The zero-order valence-corrected chi connectivity index (χ0v) is 13.7. The van der Waals surface area contributed by atoms with Gasteiger partial charge in [-0.25, -0.2) is 4.68 Å². The molecular formula is C17H16F3N5O. The number of nitrogens with one attached hydrogen (secondary N) is 1. The Morgan fingerprint density at radius 2 is 1.81 bits per heavy atom. The molecule has 2 aromatic heterocycles. The molecule has 1 N–H and O–H groups in total. The molecule has 1 fully saturated rings. The number of alkyl halides is 3. The number of aromatic amines is 1. The fourth-order valence-corrected chi connectivity index (χ4v) is 3.23. The van der Waals surface area contributed by atoms with E-state index in [9.17, 15) is 18.0 Å². The van der Waals surface area contributed by atoms with Gasteiger partial charge in [-0.15, -0.1) is 0 Å². The van der Waals surface area contributed by atoms with Crippen molar-refractivity contribution in [1.29, 1.82) is 0 Å². The summed E-state index contributed by atoms with van der Waals surface area (Å²) in [6, 6.07) is 9.23. The number of hydrogen-bond acceptors (Lipinski definition) is 4. The molecule has 26 heavy (non-hydrogen) atoms. The number of piperidine rings is 1. The summed E-state index contributed by atoms with van der Waals surface area (Å²) in [4.78, 5) is 21.2. The van der Waals surface area contributed by atoms with Crippen molar-refractivity contribution in [2.45, 2.75) is 19.0 Å². The zero-order valence-electron chi connectivity index (χ0n) is 13.7. The van der Waals surface area contributed by atoms with Crippen LogP contribution in [-0.4, -0.2) is 39.0 Å². The molecule has 0 saturated carbocycles. The third-order valence-corrected chi connectivity index (χ3v) is 4.68. The smallest absolute Gasteiger partial charge is 0.342 e. The molecule has 0 radical (unpaired) electrons. The SMILES string of the molecule is O=c1[nH]c(N2CCC(C(F)(F)F)CC2)nc2c1cnn2-c1ccccc1. The highest BCUT2D eigenvalue weighted by Crippen LogP contribution is 2.34. The maximum Gasteiger partial charge on any atom is 0.391 e. The molecule has 0 amide bonds. The summed E-state index contributed by atoms with van der Waals surface area (Å²) in [7, 11) is 0. The van der Waals surface area contributed by atoms with Crippen LogP contribution in [0, 0.1) is 5.92 Å². The van der Waals surface area contributed by atoms with Gasteiger partial charge in [-0.3, -0.25) is 9.78 Å². The summed E-state index contributed by atoms with van der Waals surface area (Å²) in [5.41, 5.74) is 0.778. The molecule has 0 aliphatic carbocycles. The molecule has 136 valence electrons. The third kappa shape index (κ3) is 2.93. The van der Waals surface area contributed by atoms with Gasteiger partial charge in [0.15, 0.2) is 5.65 Å². The quantitative estimate of drug-likeness (QED) is 0.760. The van der Waals surface area contributed by atoms with E-state index < -0.39 is 12.1 Å². The molecule has 1 saturated heterocycles. The van der Waals surface area contributed by atoms with Gasteiger partial charge in [-0.05, 0) is 25.0 Å². The number of halogens is 3. The summed E-state index contributed by atoms with van der Waals surface area (Å²) < 4.78 is 40.1. The number of aromatic nitrogens is 4. The molecule has 4 rings (SSSR count). The highest BCUT2D eigenvalue weighted by molar-refractivity contribution is 5.76. The van der Waals surface area contributed by atoms with E-state index in [1.54, 1.807) is 9.58 Å². The minimum absolute atomic E-state index is 0.0107. The van der Waals surface area contributed by atoms with E-state index in [2.05, 4.69) is 15.1 Å². The molecular weight excluding hydrogens is 347 g/mol. The minimum Gasteiger partial charge on any atom is -0.342 e. The monoisotopic (exact) mass is 363 g/mol. The number of fused-ring (bicyclic) bond motifs is 1. The van der Waals surface area contributed by atoms with Gasteiger partial charge in [-0.1, -0.05) is 18.2 Å². The second kappa shape index (κ2) is 6.15. The van der Waals surface area contributed by atoms with Crippen molar-refractivity contribution in [3.05, 3.63) is 46.9 Å². The van der Waals surface area contributed by atoms with E-state index in [0.29, 0.717) is 11.0 Å². The topological polar surface area (TPSA) is 66.8 Å². The van der Waals surface area contributed by atoms with Crippen LogP contribution in [-0.2, 0) is 0 Å². The van der Waals surface area contributed by atoms with Gasteiger partial charge in [0, 0.05) is 13.1 Å². The van der Waals surface area contributed by atoms with Crippen LogP contribution in [0.2, 0.25) is 0 Å². The molecule has 3 aromatic rings. The van der Waals surface area contributed by atoms with Crippen molar-refractivity contribution < 1.29 is 13.2 Å². The lowest BCUT2D eigenvalue weighted by Gasteiger charge is -2.33. The lowest BCUT2D eigenvalue weighted by molar-refractivity contribution is -0.179. The average Bonchev–Trinajstić information content (AvgIpc) is 3.06. The first-order valence-electron chi connectivity index (χ1n) is 8.28. The number of hydrogen-bond donors (Lipinski definition) is 1. The van der Waals surface area contributed by atoms with Gasteiger partial charge in [0.25, 0.3) is 5.56 Å². The standard InChI is InChI=1S/C17H16F3N5O/c18-17(19,20)11-6-8-24(9-7-11)16-22-14-13(15(26)23-16)10-21-25(14)12-4-2-1-3-5-12/h1-5,10-11H,6-9H2,(H,22,23,26). The Hall–Kier alpha value is -2.84. The third-order valence-electron chi connectivity index (χ3n) is 4.68. The number of para-hydroxylation sites is 1. The van der Waals surface area contributed by atoms with Crippen LogP contribution in [0.5, 0.6) is 0 Å². The minimum atomic E-state index is -4.18. The molecule has 1 aliphatic rings. The van der Waals surface area contributed by atoms with E-state index >= 15 is 0 Å². The predicted molar refractivity (Wildman–Crippen MR) is 90.5 cm³/mol. The largest absolute Gasteiger partial charge is 0.391 e. The Morgan fingerprint density at radius 3 is 2.46 bits per heavy atom. The predicted octanol–water partition coefficient (Wildman–Crippen LogP) is 2.89. The average molecular weight is 363 g/mol. The fraction of sp³-hybridized carbons (Fsp3) is 0.353. The van der Waals surface area contributed by atoms with Crippen LogP contribution < -0.4 is 10.5 Å². The van der Waals surface area contributed by atoms with E-state index in [4.69, 9.17) is 0 Å². The summed E-state index contributed by atoms with van der Waals surface area (Å²) in [5, 5.41) is 4.56. The Morgan fingerprint density at radius 1 is 1.12 bits per heavy atom.